The van der Waals surface area contributed by atoms with E-state index in [-0.39, 0.29) is 12.2 Å². The Morgan fingerprint density at radius 2 is 1.56 bits per heavy atom. The minimum Gasteiger partial charge on any atom is -0.446 e. The molecule has 0 heterocycles. The molecule has 132 valence electrons. The maximum absolute atomic E-state index is 12.4. The van der Waals surface area contributed by atoms with Crippen molar-refractivity contribution in [2.45, 2.75) is 45.6 Å². The molecule has 2 atom stereocenters. The van der Waals surface area contributed by atoms with Gasteiger partial charge in [0.2, 0.25) is 0 Å². The number of rotatable bonds is 5. The number of hydrogen-bond acceptors (Lipinski definition) is 2. The van der Waals surface area contributed by atoms with E-state index in [1.54, 1.807) is 0 Å². The molecule has 3 nitrogen and oxygen atoms in total. The summed E-state index contributed by atoms with van der Waals surface area (Å²) in [6, 6.07) is 17.9. The summed E-state index contributed by atoms with van der Waals surface area (Å²) < 4.78 is 5.72. The lowest BCUT2D eigenvalue weighted by Crippen LogP contribution is -2.21. The second kappa shape index (κ2) is 8.19. The zero-order valence-corrected chi connectivity index (χ0v) is 15.1. The number of hydrogen-bond donors (Lipinski definition) is 1. The molecule has 1 N–H and O–H groups in total. The van der Waals surface area contributed by atoms with Gasteiger partial charge in [0.1, 0.15) is 6.10 Å². The minimum atomic E-state index is -0.347. The van der Waals surface area contributed by atoms with E-state index in [0.29, 0.717) is 11.8 Å². The van der Waals surface area contributed by atoms with Gasteiger partial charge in [-0.3, -0.25) is 5.32 Å². The van der Waals surface area contributed by atoms with Crippen molar-refractivity contribution in [2.24, 2.45) is 11.8 Å². The van der Waals surface area contributed by atoms with Crippen LogP contribution < -0.4 is 5.32 Å². The summed E-state index contributed by atoms with van der Waals surface area (Å²) in [4.78, 5) is 12.4. The molecule has 25 heavy (non-hydrogen) atoms. The topological polar surface area (TPSA) is 38.3 Å². The molecular formula is C22H27NO2. The molecule has 0 bridgehead atoms. The van der Waals surface area contributed by atoms with Crippen LogP contribution in [0.3, 0.4) is 0 Å². The van der Waals surface area contributed by atoms with Gasteiger partial charge in [0, 0.05) is 5.56 Å². The molecule has 0 spiro atoms. The van der Waals surface area contributed by atoms with Crippen molar-refractivity contribution in [2.75, 3.05) is 5.32 Å². The van der Waals surface area contributed by atoms with Gasteiger partial charge in [-0.25, -0.2) is 4.79 Å². The van der Waals surface area contributed by atoms with Crippen LogP contribution in [0.2, 0.25) is 0 Å². The standard InChI is InChI=1S/C22H27NO2/c1-3-16-14-19(15-17(16)4-2)25-22(24)23-21-13-9-8-12-20(21)18-10-6-5-7-11-18/h5-13,16-17,19H,3-4,14-15H2,1-2H3,(H,23,24). The first kappa shape index (κ1) is 17.5. The van der Waals surface area contributed by atoms with Crippen LogP contribution in [0.25, 0.3) is 11.1 Å². The Balaban J connectivity index is 1.66. The highest BCUT2D eigenvalue weighted by atomic mass is 16.6. The van der Waals surface area contributed by atoms with Gasteiger partial charge in [-0.15, -0.1) is 0 Å². The van der Waals surface area contributed by atoms with Gasteiger partial charge >= 0.3 is 6.09 Å². The summed E-state index contributed by atoms with van der Waals surface area (Å²) in [6.45, 7) is 4.46. The van der Waals surface area contributed by atoms with Crippen LogP contribution in [0.15, 0.2) is 54.6 Å². The van der Waals surface area contributed by atoms with E-state index >= 15 is 0 Å². The minimum absolute atomic E-state index is 0.0405. The number of carbonyl (C=O) groups excluding carboxylic acids is 1. The fraction of sp³-hybridized carbons (Fsp3) is 0.409. The Hall–Kier alpha value is -2.29. The van der Waals surface area contributed by atoms with Crippen molar-refractivity contribution in [3.63, 3.8) is 0 Å². The van der Waals surface area contributed by atoms with Gasteiger partial charge < -0.3 is 4.74 Å². The number of anilines is 1. The van der Waals surface area contributed by atoms with Crippen molar-refractivity contribution in [1.82, 2.24) is 0 Å². The Bertz CT molecular complexity index is 686. The Labute approximate surface area is 150 Å². The summed E-state index contributed by atoms with van der Waals surface area (Å²) >= 11 is 0. The summed E-state index contributed by atoms with van der Waals surface area (Å²) in [5.41, 5.74) is 2.87. The molecule has 2 unspecified atom stereocenters. The molecule has 1 amide bonds. The summed E-state index contributed by atoms with van der Waals surface area (Å²) in [6.07, 6.45) is 4.00. The number of carbonyl (C=O) groups is 1. The Morgan fingerprint density at radius 1 is 0.960 bits per heavy atom. The van der Waals surface area contributed by atoms with Crippen molar-refractivity contribution in [3.05, 3.63) is 54.6 Å². The van der Waals surface area contributed by atoms with E-state index in [2.05, 4.69) is 19.2 Å². The lowest BCUT2D eigenvalue weighted by Gasteiger charge is -2.15. The van der Waals surface area contributed by atoms with Crippen molar-refractivity contribution in [1.29, 1.82) is 0 Å². The molecule has 2 aromatic carbocycles. The molecule has 3 heteroatoms. The molecule has 0 saturated heterocycles. The maximum Gasteiger partial charge on any atom is 0.411 e. The van der Waals surface area contributed by atoms with E-state index in [1.807, 2.05) is 54.6 Å². The van der Waals surface area contributed by atoms with Gasteiger partial charge in [-0.1, -0.05) is 75.2 Å². The summed E-state index contributed by atoms with van der Waals surface area (Å²) in [5.74, 6) is 1.36. The molecule has 0 aliphatic heterocycles. The predicted molar refractivity (Wildman–Crippen MR) is 103 cm³/mol. The molecule has 3 rings (SSSR count). The predicted octanol–water partition coefficient (Wildman–Crippen LogP) is 6.12. The zero-order valence-electron chi connectivity index (χ0n) is 15.1. The molecule has 1 fully saturated rings. The lowest BCUT2D eigenvalue weighted by atomic mass is 9.92. The van der Waals surface area contributed by atoms with Crippen LogP contribution >= 0.6 is 0 Å². The smallest absolute Gasteiger partial charge is 0.411 e. The van der Waals surface area contributed by atoms with Crippen molar-refractivity contribution >= 4 is 11.8 Å². The first-order chi connectivity index (χ1) is 12.2. The van der Waals surface area contributed by atoms with Gasteiger partial charge in [0.25, 0.3) is 0 Å². The van der Waals surface area contributed by atoms with Crippen LogP contribution in [-0.2, 0) is 4.74 Å². The van der Waals surface area contributed by atoms with Gasteiger partial charge in [0.15, 0.2) is 0 Å². The van der Waals surface area contributed by atoms with Crippen LogP contribution in [-0.4, -0.2) is 12.2 Å². The van der Waals surface area contributed by atoms with E-state index in [0.717, 1.165) is 42.5 Å². The fourth-order valence-corrected chi connectivity index (χ4v) is 4.01. The summed E-state index contributed by atoms with van der Waals surface area (Å²) in [5, 5.41) is 2.94. The molecule has 0 radical (unpaired) electrons. The second-order valence-electron chi connectivity index (χ2n) is 6.87. The fourth-order valence-electron chi connectivity index (χ4n) is 4.01. The van der Waals surface area contributed by atoms with Crippen molar-refractivity contribution < 1.29 is 9.53 Å². The third-order valence-electron chi connectivity index (χ3n) is 5.37. The van der Waals surface area contributed by atoms with E-state index < -0.39 is 0 Å². The highest BCUT2D eigenvalue weighted by Crippen LogP contribution is 2.38. The van der Waals surface area contributed by atoms with Crippen LogP contribution in [0.1, 0.15) is 39.5 Å². The van der Waals surface area contributed by atoms with Gasteiger partial charge in [-0.2, -0.15) is 0 Å². The number of benzene rings is 2. The van der Waals surface area contributed by atoms with Crippen molar-refractivity contribution in [3.8, 4) is 11.1 Å². The number of nitrogens with one attached hydrogen (secondary N) is 1. The maximum atomic E-state index is 12.4. The molecule has 1 saturated carbocycles. The first-order valence-corrected chi connectivity index (χ1v) is 9.33. The van der Waals surface area contributed by atoms with Gasteiger partial charge in [0.05, 0.1) is 5.69 Å². The average molecular weight is 337 g/mol. The average Bonchev–Trinajstić information content (AvgIpc) is 3.04. The molecule has 1 aliphatic rings. The normalized spacial score (nSPS) is 22.6. The van der Waals surface area contributed by atoms with Gasteiger partial charge in [-0.05, 0) is 36.3 Å². The quantitative estimate of drug-likeness (QED) is 0.714. The number of para-hydroxylation sites is 1. The SMILES string of the molecule is CCC1CC(OC(=O)Nc2ccccc2-c2ccccc2)CC1CC. The van der Waals surface area contributed by atoms with E-state index in [4.69, 9.17) is 4.74 Å². The molecule has 2 aromatic rings. The number of amides is 1. The largest absolute Gasteiger partial charge is 0.446 e. The number of ether oxygens (including phenoxy) is 1. The van der Waals surface area contributed by atoms with Crippen LogP contribution in [0.4, 0.5) is 10.5 Å². The lowest BCUT2D eigenvalue weighted by molar-refractivity contribution is 0.110. The van der Waals surface area contributed by atoms with E-state index in [9.17, 15) is 4.79 Å². The second-order valence-corrected chi connectivity index (χ2v) is 6.87. The first-order valence-electron chi connectivity index (χ1n) is 9.33. The molecule has 1 aliphatic carbocycles. The Kier molecular flexibility index (Phi) is 5.75. The highest BCUT2D eigenvalue weighted by molar-refractivity contribution is 5.91. The molecular weight excluding hydrogens is 310 g/mol. The van der Waals surface area contributed by atoms with Crippen LogP contribution in [0.5, 0.6) is 0 Å². The zero-order chi connectivity index (χ0) is 17.6. The molecule has 0 aromatic heterocycles. The summed E-state index contributed by atoms with van der Waals surface area (Å²) in [7, 11) is 0. The monoisotopic (exact) mass is 337 g/mol. The Morgan fingerprint density at radius 3 is 2.20 bits per heavy atom. The van der Waals surface area contributed by atoms with Crippen LogP contribution in [0, 0.1) is 11.8 Å². The third kappa shape index (κ3) is 4.22. The van der Waals surface area contributed by atoms with E-state index in [1.165, 1.54) is 0 Å². The highest BCUT2D eigenvalue weighted by Gasteiger charge is 2.34. The third-order valence-corrected chi connectivity index (χ3v) is 5.37.